The first-order valence-electron chi connectivity index (χ1n) is 13.8. The summed E-state index contributed by atoms with van der Waals surface area (Å²) in [6.45, 7) is 12.6. The van der Waals surface area contributed by atoms with Crippen molar-refractivity contribution in [2.75, 3.05) is 20.3 Å². The number of halogens is 3. The lowest BCUT2D eigenvalue weighted by atomic mass is 9.73. The lowest BCUT2D eigenvalue weighted by Crippen LogP contribution is -2.48. The quantitative estimate of drug-likeness (QED) is 0.229. The molecule has 4 atom stereocenters. The van der Waals surface area contributed by atoms with Gasteiger partial charge in [0.05, 0.1) is 38.0 Å². The molecule has 1 fully saturated rings. The number of aryl methyl sites for hydroxylation is 1. The SMILES string of the molecule is C=CCOC(=O)N1[C@H](C(=O)OCC)[C@@H](C(C)(C)C)[C@H](OCc2cc(C(F)(F)F)cnc2OC)[C@@H]1c1ccccc1CC. The summed E-state index contributed by atoms with van der Waals surface area (Å²) in [7, 11) is 1.31. The van der Waals surface area contributed by atoms with Crippen molar-refractivity contribution in [2.24, 2.45) is 11.3 Å². The molecule has 3 rings (SSSR count). The number of amides is 1. The zero-order chi connectivity index (χ0) is 31.2. The van der Waals surface area contributed by atoms with Crippen molar-refractivity contribution in [3.8, 4) is 5.88 Å². The Balaban J connectivity index is 2.23. The fraction of sp³-hybridized carbons (Fsp3) is 0.516. The molecule has 0 radical (unpaired) electrons. The molecular formula is C31H39F3N2O6. The van der Waals surface area contributed by atoms with Gasteiger partial charge in [-0.25, -0.2) is 14.6 Å². The molecular weight excluding hydrogens is 553 g/mol. The van der Waals surface area contributed by atoms with Crippen LogP contribution in [0.4, 0.5) is 18.0 Å². The van der Waals surface area contributed by atoms with E-state index in [1.54, 1.807) is 6.92 Å². The monoisotopic (exact) mass is 592 g/mol. The van der Waals surface area contributed by atoms with Gasteiger partial charge in [-0.2, -0.15) is 13.2 Å². The third-order valence-corrected chi connectivity index (χ3v) is 7.30. The summed E-state index contributed by atoms with van der Waals surface area (Å²) in [5, 5.41) is 0. The van der Waals surface area contributed by atoms with Crippen molar-refractivity contribution in [1.29, 1.82) is 0 Å². The number of hydrogen-bond donors (Lipinski definition) is 0. The number of carbonyl (C=O) groups excluding carboxylic acids is 2. The predicted molar refractivity (Wildman–Crippen MR) is 150 cm³/mol. The smallest absolute Gasteiger partial charge is 0.417 e. The summed E-state index contributed by atoms with van der Waals surface area (Å²) in [5.74, 6) is -1.30. The number of likely N-dealkylation sites (tertiary alicyclic amines) is 1. The van der Waals surface area contributed by atoms with Crippen LogP contribution < -0.4 is 4.74 Å². The van der Waals surface area contributed by atoms with Crippen molar-refractivity contribution in [3.05, 3.63) is 71.4 Å². The third kappa shape index (κ3) is 7.06. The summed E-state index contributed by atoms with van der Waals surface area (Å²) >= 11 is 0. The van der Waals surface area contributed by atoms with Crippen LogP contribution in [-0.4, -0.2) is 54.4 Å². The molecule has 1 aromatic heterocycles. The number of pyridine rings is 1. The average Bonchev–Trinajstić information content (AvgIpc) is 3.30. The number of esters is 1. The minimum absolute atomic E-state index is 0.0250. The Hall–Kier alpha value is -3.60. The van der Waals surface area contributed by atoms with Gasteiger partial charge < -0.3 is 18.9 Å². The first-order chi connectivity index (χ1) is 19.8. The molecule has 1 aromatic carbocycles. The lowest BCUT2D eigenvalue weighted by Gasteiger charge is -2.35. The Bertz CT molecular complexity index is 1260. The van der Waals surface area contributed by atoms with Crippen LogP contribution in [0.5, 0.6) is 5.88 Å². The van der Waals surface area contributed by atoms with E-state index < -0.39 is 53.3 Å². The number of alkyl halides is 3. The summed E-state index contributed by atoms with van der Waals surface area (Å²) in [6.07, 6.45) is -3.51. The summed E-state index contributed by atoms with van der Waals surface area (Å²) in [5.41, 5.74) is 0.129. The summed E-state index contributed by atoms with van der Waals surface area (Å²) in [4.78, 5) is 32.5. The normalized spacial score (nSPS) is 20.7. The van der Waals surface area contributed by atoms with Crippen molar-refractivity contribution in [3.63, 3.8) is 0 Å². The number of methoxy groups -OCH3 is 1. The zero-order valence-electron chi connectivity index (χ0n) is 24.9. The van der Waals surface area contributed by atoms with Gasteiger partial charge in [0.25, 0.3) is 0 Å². The number of benzene rings is 1. The van der Waals surface area contributed by atoms with Crippen molar-refractivity contribution < 1.29 is 41.7 Å². The maximum absolute atomic E-state index is 13.7. The Kier molecular flexibility index (Phi) is 10.6. The van der Waals surface area contributed by atoms with Gasteiger partial charge in [-0.15, -0.1) is 0 Å². The predicted octanol–water partition coefficient (Wildman–Crippen LogP) is 6.53. The first kappa shape index (κ1) is 32.9. The number of aromatic nitrogens is 1. The highest BCUT2D eigenvalue weighted by Crippen LogP contribution is 2.51. The van der Waals surface area contributed by atoms with Crippen molar-refractivity contribution in [1.82, 2.24) is 9.88 Å². The van der Waals surface area contributed by atoms with Gasteiger partial charge in [0, 0.05) is 17.7 Å². The van der Waals surface area contributed by atoms with Crippen LogP contribution in [0.1, 0.15) is 62.9 Å². The van der Waals surface area contributed by atoms with E-state index in [1.807, 2.05) is 52.0 Å². The van der Waals surface area contributed by atoms with Crippen LogP contribution in [0.25, 0.3) is 0 Å². The Labute approximate surface area is 244 Å². The van der Waals surface area contributed by atoms with Crippen LogP contribution in [0.15, 0.2) is 49.2 Å². The van der Waals surface area contributed by atoms with Gasteiger partial charge in [0.1, 0.15) is 12.6 Å². The number of hydrogen-bond acceptors (Lipinski definition) is 7. The summed E-state index contributed by atoms with van der Waals surface area (Å²) in [6, 6.07) is 6.46. The molecule has 0 N–H and O–H groups in total. The molecule has 0 spiro atoms. The van der Waals surface area contributed by atoms with Crippen LogP contribution in [0, 0.1) is 11.3 Å². The van der Waals surface area contributed by atoms with E-state index in [2.05, 4.69) is 11.6 Å². The second-order valence-electron chi connectivity index (χ2n) is 11.0. The van der Waals surface area contributed by atoms with E-state index in [-0.39, 0.29) is 31.3 Å². The van der Waals surface area contributed by atoms with E-state index in [1.165, 1.54) is 18.1 Å². The fourth-order valence-electron chi connectivity index (χ4n) is 5.56. The van der Waals surface area contributed by atoms with Gasteiger partial charge in [-0.1, -0.05) is 64.6 Å². The molecule has 0 aliphatic carbocycles. The van der Waals surface area contributed by atoms with Crippen LogP contribution in [0.2, 0.25) is 0 Å². The lowest BCUT2D eigenvalue weighted by molar-refractivity contribution is -0.151. The fourth-order valence-corrected chi connectivity index (χ4v) is 5.56. The van der Waals surface area contributed by atoms with E-state index in [4.69, 9.17) is 18.9 Å². The molecule has 0 saturated carbocycles. The van der Waals surface area contributed by atoms with Gasteiger partial charge in [0.2, 0.25) is 5.88 Å². The van der Waals surface area contributed by atoms with E-state index in [0.717, 1.165) is 17.2 Å². The van der Waals surface area contributed by atoms with Crippen molar-refractivity contribution >= 4 is 12.1 Å². The minimum atomic E-state index is -4.63. The first-order valence-corrected chi connectivity index (χ1v) is 13.8. The zero-order valence-corrected chi connectivity index (χ0v) is 24.9. The van der Waals surface area contributed by atoms with Crippen LogP contribution >= 0.6 is 0 Å². The average molecular weight is 593 g/mol. The molecule has 0 unspecified atom stereocenters. The highest BCUT2D eigenvalue weighted by molar-refractivity contribution is 5.83. The maximum Gasteiger partial charge on any atom is 0.417 e. The highest BCUT2D eigenvalue weighted by atomic mass is 19.4. The standard InChI is InChI=1S/C31H39F3N2O6/c1-8-15-41-29(38)36-24(22-14-12-11-13-19(22)9-2)26(23(30(4,5)6)25(36)28(37)40-10-3)42-18-20-16-21(31(32,33)34)17-35-27(20)39-7/h8,11-14,16-17,23-26H,1,9-10,15,18H2,2-7H3/t23-,24+,25+,26+/m1/s1. The topological polar surface area (TPSA) is 87.2 Å². The number of carbonyl (C=O) groups is 2. The summed E-state index contributed by atoms with van der Waals surface area (Å²) < 4.78 is 63.3. The second-order valence-corrected chi connectivity index (χ2v) is 11.0. The van der Waals surface area contributed by atoms with E-state index in [0.29, 0.717) is 12.6 Å². The molecule has 2 aromatic rings. The Morgan fingerprint density at radius 2 is 1.79 bits per heavy atom. The van der Waals surface area contributed by atoms with Crippen LogP contribution in [-0.2, 0) is 38.2 Å². The Morgan fingerprint density at radius 1 is 1.10 bits per heavy atom. The van der Waals surface area contributed by atoms with Gasteiger partial charge in [-0.05, 0) is 36.0 Å². The molecule has 1 aliphatic heterocycles. The molecule has 42 heavy (non-hydrogen) atoms. The van der Waals surface area contributed by atoms with E-state index in [9.17, 15) is 22.8 Å². The number of nitrogens with zero attached hydrogens (tertiary/aromatic N) is 2. The molecule has 11 heteroatoms. The van der Waals surface area contributed by atoms with Crippen LogP contribution in [0.3, 0.4) is 0 Å². The van der Waals surface area contributed by atoms with E-state index >= 15 is 0 Å². The van der Waals surface area contributed by atoms with Gasteiger partial charge in [-0.3, -0.25) is 4.90 Å². The molecule has 1 amide bonds. The third-order valence-electron chi connectivity index (χ3n) is 7.30. The second kappa shape index (κ2) is 13.6. The highest BCUT2D eigenvalue weighted by Gasteiger charge is 2.60. The Morgan fingerprint density at radius 3 is 2.36 bits per heavy atom. The molecule has 230 valence electrons. The van der Waals surface area contributed by atoms with Gasteiger partial charge in [0.15, 0.2) is 0 Å². The molecule has 1 aliphatic rings. The molecule has 1 saturated heterocycles. The minimum Gasteiger partial charge on any atom is -0.481 e. The molecule has 8 nitrogen and oxygen atoms in total. The number of ether oxygens (including phenoxy) is 4. The maximum atomic E-state index is 13.7. The molecule has 0 bridgehead atoms. The molecule has 2 heterocycles. The van der Waals surface area contributed by atoms with Gasteiger partial charge >= 0.3 is 18.2 Å². The van der Waals surface area contributed by atoms with Crippen molar-refractivity contribution in [2.45, 2.75) is 72.0 Å². The number of rotatable bonds is 10. The largest absolute Gasteiger partial charge is 0.481 e.